The maximum atomic E-state index is 12.7. The first kappa shape index (κ1) is 17.5. The highest BCUT2D eigenvalue weighted by atomic mass is 16.5. The second kappa shape index (κ2) is 8.67. The van der Waals surface area contributed by atoms with Crippen molar-refractivity contribution in [1.29, 1.82) is 0 Å². The molecular weight excluding hydrogens is 328 g/mol. The van der Waals surface area contributed by atoms with E-state index in [0.717, 1.165) is 11.1 Å². The minimum Gasteiger partial charge on any atom is -0.496 e. The van der Waals surface area contributed by atoms with Gasteiger partial charge in [-0.1, -0.05) is 42.5 Å². The minimum atomic E-state index is -0.255. The first-order valence-corrected chi connectivity index (χ1v) is 8.29. The van der Waals surface area contributed by atoms with Crippen molar-refractivity contribution in [1.82, 2.24) is 10.3 Å². The number of carbonyl (C=O) groups excluding carboxylic acids is 1. The molecule has 3 rings (SSSR count). The summed E-state index contributed by atoms with van der Waals surface area (Å²) in [4.78, 5) is 16.8. The van der Waals surface area contributed by atoms with Crippen molar-refractivity contribution >= 4 is 5.91 Å². The Bertz CT molecular complexity index is 852. The lowest BCUT2D eigenvalue weighted by Crippen LogP contribution is -2.24. The van der Waals surface area contributed by atoms with Gasteiger partial charge < -0.3 is 14.8 Å². The third kappa shape index (κ3) is 4.39. The maximum absolute atomic E-state index is 12.7. The van der Waals surface area contributed by atoms with Crippen molar-refractivity contribution in [3.63, 3.8) is 0 Å². The number of ether oxygens (including phenoxy) is 2. The Morgan fingerprint density at radius 1 is 0.962 bits per heavy atom. The first-order chi connectivity index (χ1) is 12.8. The van der Waals surface area contributed by atoms with E-state index in [1.165, 1.54) is 7.11 Å². The Kier molecular flexibility index (Phi) is 5.83. The van der Waals surface area contributed by atoms with Crippen LogP contribution in [0.1, 0.15) is 21.5 Å². The molecule has 5 heteroatoms. The molecule has 2 aromatic carbocycles. The van der Waals surface area contributed by atoms with Crippen LogP contribution < -0.4 is 14.8 Å². The van der Waals surface area contributed by atoms with Crippen molar-refractivity contribution in [2.45, 2.75) is 13.2 Å². The molecule has 1 aromatic heterocycles. The molecule has 0 fully saturated rings. The first-order valence-electron chi connectivity index (χ1n) is 8.29. The van der Waals surface area contributed by atoms with Crippen LogP contribution in [0.5, 0.6) is 11.5 Å². The van der Waals surface area contributed by atoms with Crippen molar-refractivity contribution in [3.05, 3.63) is 89.7 Å². The summed E-state index contributed by atoms with van der Waals surface area (Å²) in [6, 6.07) is 18.9. The van der Waals surface area contributed by atoms with Crippen molar-refractivity contribution in [3.8, 4) is 11.5 Å². The molecule has 1 amide bonds. The van der Waals surface area contributed by atoms with Gasteiger partial charge in [0.2, 0.25) is 0 Å². The number of nitrogens with zero attached hydrogens (tertiary/aromatic N) is 1. The fourth-order valence-electron chi connectivity index (χ4n) is 2.53. The number of hydrogen-bond acceptors (Lipinski definition) is 4. The number of nitrogens with one attached hydrogen (secondary N) is 1. The monoisotopic (exact) mass is 348 g/mol. The standard InChI is InChI=1S/C21H20N2O3/c1-25-18-10-5-11-19(26-15-16-7-3-2-4-8-16)20(18)21(24)23-14-17-9-6-12-22-13-17/h2-13H,14-15H2,1H3,(H,23,24). The van der Waals surface area contributed by atoms with Gasteiger partial charge in [-0.15, -0.1) is 0 Å². The van der Waals surface area contributed by atoms with Crippen LogP contribution in [-0.2, 0) is 13.2 Å². The molecule has 0 aliphatic rings. The third-order valence-electron chi connectivity index (χ3n) is 3.85. The van der Waals surface area contributed by atoms with Gasteiger partial charge in [0.05, 0.1) is 7.11 Å². The summed E-state index contributed by atoms with van der Waals surface area (Å²) >= 11 is 0. The molecule has 0 unspecified atom stereocenters. The third-order valence-corrected chi connectivity index (χ3v) is 3.85. The van der Waals surface area contributed by atoms with Crippen molar-refractivity contribution < 1.29 is 14.3 Å². The normalized spacial score (nSPS) is 10.2. The molecular formula is C21H20N2O3. The Balaban J connectivity index is 1.76. The summed E-state index contributed by atoms with van der Waals surface area (Å²) in [6.07, 6.45) is 3.41. The second-order valence-electron chi connectivity index (χ2n) is 5.65. The van der Waals surface area contributed by atoms with Crippen LogP contribution in [0.25, 0.3) is 0 Å². The number of benzene rings is 2. The van der Waals surface area contributed by atoms with E-state index in [9.17, 15) is 4.79 Å². The van der Waals surface area contributed by atoms with E-state index in [2.05, 4.69) is 10.3 Å². The van der Waals surface area contributed by atoms with Gasteiger partial charge in [-0.05, 0) is 29.3 Å². The van der Waals surface area contributed by atoms with E-state index >= 15 is 0 Å². The molecule has 0 spiro atoms. The van der Waals surface area contributed by atoms with Crippen LogP contribution in [0.4, 0.5) is 0 Å². The number of rotatable bonds is 7. The lowest BCUT2D eigenvalue weighted by Gasteiger charge is -2.15. The molecule has 0 saturated heterocycles. The fraction of sp³-hybridized carbons (Fsp3) is 0.143. The highest BCUT2D eigenvalue weighted by Gasteiger charge is 2.18. The number of methoxy groups -OCH3 is 1. The van der Waals surface area contributed by atoms with Gasteiger partial charge >= 0.3 is 0 Å². The molecule has 0 atom stereocenters. The van der Waals surface area contributed by atoms with Gasteiger partial charge in [-0.2, -0.15) is 0 Å². The van der Waals surface area contributed by atoms with E-state index in [1.807, 2.05) is 42.5 Å². The Hall–Kier alpha value is -3.34. The Morgan fingerprint density at radius 2 is 1.73 bits per heavy atom. The molecule has 0 bridgehead atoms. The zero-order chi connectivity index (χ0) is 18.2. The highest BCUT2D eigenvalue weighted by Crippen LogP contribution is 2.29. The second-order valence-corrected chi connectivity index (χ2v) is 5.65. The number of carbonyl (C=O) groups is 1. The summed E-state index contributed by atoms with van der Waals surface area (Å²) in [6.45, 7) is 0.750. The van der Waals surface area contributed by atoms with Gasteiger partial charge in [0, 0.05) is 18.9 Å². The number of hydrogen-bond donors (Lipinski definition) is 1. The molecule has 0 radical (unpaired) electrons. The molecule has 3 aromatic rings. The molecule has 132 valence electrons. The van der Waals surface area contributed by atoms with E-state index < -0.39 is 0 Å². The average Bonchev–Trinajstić information content (AvgIpc) is 2.71. The van der Waals surface area contributed by atoms with Crippen LogP contribution in [0.2, 0.25) is 0 Å². The fourth-order valence-corrected chi connectivity index (χ4v) is 2.53. The van der Waals surface area contributed by atoms with Gasteiger partial charge in [-0.3, -0.25) is 9.78 Å². The average molecular weight is 348 g/mol. The number of pyridine rings is 1. The van der Waals surface area contributed by atoms with Crippen LogP contribution in [0.3, 0.4) is 0 Å². The minimum absolute atomic E-state index is 0.255. The topological polar surface area (TPSA) is 60.5 Å². The van der Waals surface area contributed by atoms with E-state index in [4.69, 9.17) is 9.47 Å². The quantitative estimate of drug-likeness (QED) is 0.709. The Labute approximate surface area is 152 Å². The maximum Gasteiger partial charge on any atom is 0.259 e. The molecule has 5 nitrogen and oxygen atoms in total. The van der Waals surface area contributed by atoms with Gasteiger partial charge in [0.1, 0.15) is 23.7 Å². The SMILES string of the molecule is COc1cccc(OCc2ccccc2)c1C(=O)NCc1cccnc1. The van der Waals surface area contributed by atoms with Gasteiger partial charge in [0.15, 0.2) is 0 Å². The van der Waals surface area contributed by atoms with Gasteiger partial charge in [0.25, 0.3) is 5.91 Å². The summed E-state index contributed by atoms with van der Waals surface area (Å²) in [5.41, 5.74) is 2.33. The van der Waals surface area contributed by atoms with Crippen molar-refractivity contribution in [2.75, 3.05) is 7.11 Å². The van der Waals surface area contributed by atoms with E-state index in [-0.39, 0.29) is 5.91 Å². The largest absolute Gasteiger partial charge is 0.496 e. The summed E-state index contributed by atoms with van der Waals surface area (Å²) in [7, 11) is 1.54. The molecule has 1 N–H and O–H groups in total. The zero-order valence-corrected chi connectivity index (χ0v) is 14.5. The summed E-state index contributed by atoms with van der Waals surface area (Å²) in [5, 5.41) is 2.89. The van der Waals surface area contributed by atoms with Crippen LogP contribution in [-0.4, -0.2) is 18.0 Å². The zero-order valence-electron chi connectivity index (χ0n) is 14.5. The van der Waals surface area contributed by atoms with Crippen molar-refractivity contribution in [2.24, 2.45) is 0 Å². The van der Waals surface area contributed by atoms with Gasteiger partial charge in [-0.25, -0.2) is 0 Å². The van der Waals surface area contributed by atoms with E-state index in [0.29, 0.717) is 30.2 Å². The predicted molar refractivity (Wildman–Crippen MR) is 99.2 cm³/mol. The molecule has 0 aliphatic carbocycles. The van der Waals surface area contributed by atoms with Crippen LogP contribution >= 0.6 is 0 Å². The lowest BCUT2D eigenvalue weighted by molar-refractivity contribution is 0.0943. The smallest absolute Gasteiger partial charge is 0.259 e. The van der Waals surface area contributed by atoms with Crippen LogP contribution in [0, 0.1) is 0 Å². The summed E-state index contributed by atoms with van der Waals surface area (Å²) in [5.74, 6) is 0.700. The molecule has 1 heterocycles. The van der Waals surface area contributed by atoms with E-state index in [1.54, 1.807) is 30.6 Å². The predicted octanol–water partition coefficient (Wildman–Crippen LogP) is 3.60. The Morgan fingerprint density at radius 3 is 2.46 bits per heavy atom. The number of aromatic nitrogens is 1. The lowest BCUT2D eigenvalue weighted by atomic mass is 10.1. The highest BCUT2D eigenvalue weighted by molar-refractivity contribution is 5.99. The number of amides is 1. The van der Waals surface area contributed by atoms with Crippen LogP contribution in [0.15, 0.2) is 73.1 Å². The molecule has 26 heavy (non-hydrogen) atoms. The molecule has 0 saturated carbocycles. The summed E-state index contributed by atoms with van der Waals surface area (Å²) < 4.78 is 11.2. The molecule has 0 aliphatic heterocycles.